The molecule has 1 fully saturated rings. The minimum absolute atomic E-state index is 0. The molecule has 1 saturated heterocycles. The summed E-state index contributed by atoms with van der Waals surface area (Å²) in [6.45, 7) is 7.53. The fourth-order valence-electron chi connectivity index (χ4n) is 2.60. The van der Waals surface area contributed by atoms with Gasteiger partial charge in [0.1, 0.15) is 0 Å². The highest BCUT2D eigenvalue weighted by molar-refractivity contribution is 5.92. The zero-order valence-corrected chi connectivity index (χ0v) is 13.3. The molecule has 112 valence electrons. The van der Waals surface area contributed by atoms with Gasteiger partial charge in [-0.2, -0.15) is 0 Å². The molecule has 3 nitrogen and oxygen atoms in total. The quantitative estimate of drug-likeness (QED) is 0.896. The molecule has 1 aliphatic rings. The van der Waals surface area contributed by atoms with Crippen LogP contribution in [0.25, 0.3) is 0 Å². The normalized spacial score (nSPS) is 18.4. The monoisotopic (exact) mass is 296 g/mol. The lowest BCUT2D eigenvalue weighted by Gasteiger charge is -2.23. The fourth-order valence-corrected chi connectivity index (χ4v) is 2.60. The van der Waals surface area contributed by atoms with E-state index in [2.05, 4.69) is 37.5 Å². The molecular weight excluding hydrogens is 272 g/mol. The Bertz CT molecular complexity index is 448. The molecule has 4 heteroatoms. The third-order valence-corrected chi connectivity index (χ3v) is 3.60. The third kappa shape index (κ3) is 4.50. The van der Waals surface area contributed by atoms with Crippen molar-refractivity contribution in [1.82, 2.24) is 5.32 Å². The van der Waals surface area contributed by atoms with E-state index in [0.717, 1.165) is 18.7 Å². The number of para-hydroxylation sites is 1. The van der Waals surface area contributed by atoms with Gasteiger partial charge in [-0.25, -0.2) is 0 Å². The van der Waals surface area contributed by atoms with Crippen LogP contribution in [0, 0.1) is 0 Å². The molecule has 0 saturated carbocycles. The number of benzene rings is 1. The van der Waals surface area contributed by atoms with Gasteiger partial charge in [-0.1, -0.05) is 39.0 Å². The summed E-state index contributed by atoms with van der Waals surface area (Å²) in [5.41, 5.74) is 2.16. The fraction of sp³-hybridized carbons (Fsp3) is 0.562. The number of amides is 1. The van der Waals surface area contributed by atoms with E-state index in [4.69, 9.17) is 0 Å². The van der Waals surface area contributed by atoms with E-state index < -0.39 is 0 Å². The van der Waals surface area contributed by atoms with Gasteiger partial charge in [0.25, 0.3) is 0 Å². The highest BCUT2D eigenvalue weighted by Crippen LogP contribution is 2.29. The Morgan fingerprint density at radius 2 is 2.05 bits per heavy atom. The van der Waals surface area contributed by atoms with E-state index in [1.807, 2.05) is 18.2 Å². The summed E-state index contributed by atoms with van der Waals surface area (Å²) in [5, 5.41) is 6.42. The molecular formula is C16H25ClN2O. The first kappa shape index (κ1) is 17.0. The van der Waals surface area contributed by atoms with Crippen molar-refractivity contribution < 1.29 is 4.79 Å². The van der Waals surface area contributed by atoms with Crippen LogP contribution in [0.3, 0.4) is 0 Å². The number of halogens is 1. The first-order chi connectivity index (χ1) is 8.97. The van der Waals surface area contributed by atoms with E-state index in [1.54, 1.807) is 0 Å². The SMILES string of the molecule is CC(C)(C)c1ccccc1NC(=O)CC1CCCN1.Cl. The van der Waals surface area contributed by atoms with Crippen molar-refractivity contribution in [2.45, 2.75) is 51.5 Å². The van der Waals surface area contributed by atoms with Crippen LogP contribution in [-0.2, 0) is 10.2 Å². The second-order valence-corrected chi connectivity index (χ2v) is 6.34. The van der Waals surface area contributed by atoms with Gasteiger partial charge in [-0.05, 0) is 36.4 Å². The Morgan fingerprint density at radius 1 is 1.35 bits per heavy atom. The van der Waals surface area contributed by atoms with Gasteiger partial charge < -0.3 is 10.6 Å². The smallest absolute Gasteiger partial charge is 0.225 e. The standard InChI is InChI=1S/C16H24N2O.ClH/c1-16(2,3)13-8-4-5-9-14(13)18-15(19)11-12-7-6-10-17-12;/h4-5,8-9,12,17H,6-7,10-11H2,1-3H3,(H,18,19);1H. The van der Waals surface area contributed by atoms with Crippen LogP contribution in [0.1, 0.15) is 45.6 Å². The number of rotatable bonds is 3. The third-order valence-electron chi connectivity index (χ3n) is 3.60. The molecule has 0 aliphatic carbocycles. The molecule has 1 unspecified atom stereocenters. The molecule has 0 bridgehead atoms. The molecule has 20 heavy (non-hydrogen) atoms. The molecule has 1 aromatic carbocycles. The van der Waals surface area contributed by atoms with Crippen molar-refractivity contribution in [2.24, 2.45) is 0 Å². The van der Waals surface area contributed by atoms with E-state index in [0.29, 0.717) is 12.5 Å². The van der Waals surface area contributed by atoms with Crippen molar-refractivity contribution in [3.63, 3.8) is 0 Å². The largest absolute Gasteiger partial charge is 0.326 e. The van der Waals surface area contributed by atoms with E-state index in [9.17, 15) is 4.79 Å². The predicted molar refractivity (Wildman–Crippen MR) is 86.7 cm³/mol. The Morgan fingerprint density at radius 3 is 2.65 bits per heavy atom. The summed E-state index contributed by atoms with van der Waals surface area (Å²) >= 11 is 0. The number of carbonyl (C=O) groups is 1. The first-order valence-corrected chi connectivity index (χ1v) is 7.09. The average Bonchev–Trinajstić information content (AvgIpc) is 2.81. The number of carbonyl (C=O) groups excluding carboxylic acids is 1. The maximum atomic E-state index is 12.1. The Hall–Kier alpha value is -1.06. The van der Waals surface area contributed by atoms with Gasteiger partial charge in [0.05, 0.1) is 0 Å². The van der Waals surface area contributed by atoms with Gasteiger partial charge in [-0.3, -0.25) is 4.79 Å². The molecule has 1 amide bonds. The molecule has 0 spiro atoms. The van der Waals surface area contributed by atoms with Gasteiger partial charge in [-0.15, -0.1) is 12.4 Å². The highest BCUT2D eigenvalue weighted by atomic mass is 35.5. The van der Waals surface area contributed by atoms with Crippen molar-refractivity contribution in [2.75, 3.05) is 11.9 Å². The lowest BCUT2D eigenvalue weighted by atomic mass is 9.86. The second-order valence-electron chi connectivity index (χ2n) is 6.34. The lowest BCUT2D eigenvalue weighted by molar-refractivity contribution is -0.116. The van der Waals surface area contributed by atoms with Gasteiger partial charge in [0.15, 0.2) is 0 Å². The molecule has 0 aromatic heterocycles. The molecule has 0 radical (unpaired) electrons. The Kier molecular flexibility index (Phi) is 6.03. The van der Waals surface area contributed by atoms with Gasteiger partial charge in [0.2, 0.25) is 5.91 Å². The predicted octanol–water partition coefficient (Wildman–Crippen LogP) is 3.49. The first-order valence-electron chi connectivity index (χ1n) is 7.09. The second kappa shape index (κ2) is 7.09. The summed E-state index contributed by atoms with van der Waals surface area (Å²) in [7, 11) is 0. The number of hydrogen-bond acceptors (Lipinski definition) is 2. The maximum absolute atomic E-state index is 12.1. The zero-order chi connectivity index (χ0) is 13.9. The van der Waals surface area contributed by atoms with Crippen LogP contribution in [0.5, 0.6) is 0 Å². The Balaban J connectivity index is 0.00000200. The van der Waals surface area contributed by atoms with E-state index in [-0.39, 0.29) is 23.7 Å². The van der Waals surface area contributed by atoms with Crippen LogP contribution in [0.4, 0.5) is 5.69 Å². The Labute approximate surface area is 127 Å². The lowest BCUT2D eigenvalue weighted by Crippen LogP contribution is -2.28. The van der Waals surface area contributed by atoms with Crippen LogP contribution >= 0.6 is 12.4 Å². The van der Waals surface area contributed by atoms with Crippen LogP contribution in [0.2, 0.25) is 0 Å². The van der Waals surface area contributed by atoms with Crippen molar-refractivity contribution >= 4 is 24.0 Å². The minimum atomic E-state index is 0. The number of anilines is 1. The molecule has 1 atom stereocenters. The zero-order valence-electron chi connectivity index (χ0n) is 12.5. The average molecular weight is 297 g/mol. The summed E-state index contributed by atoms with van der Waals surface area (Å²) in [6, 6.07) is 8.42. The van der Waals surface area contributed by atoms with E-state index >= 15 is 0 Å². The summed E-state index contributed by atoms with van der Waals surface area (Å²) in [4.78, 5) is 12.1. The molecule has 1 aromatic rings. The van der Waals surface area contributed by atoms with Gasteiger partial charge in [0, 0.05) is 18.2 Å². The van der Waals surface area contributed by atoms with Crippen molar-refractivity contribution in [1.29, 1.82) is 0 Å². The summed E-state index contributed by atoms with van der Waals surface area (Å²) < 4.78 is 0. The summed E-state index contributed by atoms with van der Waals surface area (Å²) in [6.07, 6.45) is 2.85. The summed E-state index contributed by atoms with van der Waals surface area (Å²) in [5.74, 6) is 0.108. The molecule has 1 aliphatic heterocycles. The van der Waals surface area contributed by atoms with Gasteiger partial charge >= 0.3 is 0 Å². The van der Waals surface area contributed by atoms with Crippen LogP contribution < -0.4 is 10.6 Å². The molecule has 2 rings (SSSR count). The molecule has 1 heterocycles. The van der Waals surface area contributed by atoms with E-state index in [1.165, 1.54) is 12.0 Å². The number of hydrogen-bond donors (Lipinski definition) is 2. The maximum Gasteiger partial charge on any atom is 0.225 e. The number of nitrogens with one attached hydrogen (secondary N) is 2. The van der Waals surface area contributed by atoms with Crippen molar-refractivity contribution in [3.8, 4) is 0 Å². The molecule has 2 N–H and O–H groups in total. The van der Waals surface area contributed by atoms with Crippen LogP contribution in [0.15, 0.2) is 24.3 Å². The topological polar surface area (TPSA) is 41.1 Å². The van der Waals surface area contributed by atoms with Crippen LogP contribution in [-0.4, -0.2) is 18.5 Å². The van der Waals surface area contributed by atoms with Crippen molar-refractivity contribution in [3.05, 3.63) is 29.8 Å². The highest BCUT2D eigenvalue weighted by Gasteiger charge is 2.21. The minimum Gasteiger partial charge on any atom is -0.326 e.